The number of methoxy groups -OCH3 is 1. The van der Waals surface area contributed by atoms with E-state index in [2.05, 4.69) is 16.0 Å². The number of aryl methyl sites for hydroxylation is 1. The third kappa shape index (κ3) is 5.03. The minimum absolute atomic E-state index is 0.247. The minimum atomic E-state index is 0.247. The van der Waals surface area contributed by atoms with Crippen LogP contribution in [-0.4, -0.2) is 54.0 Å². The molecule has 2 heterocycles. The number of rotatable bonds is 6. The van der Waals surface area contributed by atoms with Crippen molar-refractivity contribution in [2.45, 2.75) is 19.4 Å². The first-order valence-electron chi connectivity index (χ1n) is 8.76. The number of pyridine rings is 1. The summed E-state index contributed by atoms with van der Waals surface area (Å²) in [5.74, 6) is 1.09. The average molecular weight is 339 g/mol. The molecule has 1 aromatic carbocycles. The molecule has 2 aromatic rings. The van der Waals surface area contributed by atoms with Crippen molar-refractivity contribution in [1.82, 2.24) is 14.8 Å². The molecule has 25 heavy (non-hydrogen) atoms. The molecule has 1 amide bonds. The number of ether oxygens (including phenoxy) is 1. The zero-order chi connectivity index (χ0) is 17.5. The summed E-state index contributed by atoms with van der Waals surface area (Å²) in [5, 5.41) is 0. The Bertz CT molecular complexity index is 665. The second kappa shape index (κ2) is 8.62. The van der Waals surface area contributed by atoms with Gasteiger partial charge >= 0.3 is 0 Å². The van der Waals surface area contributed by atoms with Gasteiger partial charge in [-0.2, -0.15) is 0 Å². The lowest BCUT2D eigenvalue weighted by atomic mass is 10.1. The summed E-state index contributed by atoms with van der Waals surface area (Å²) in [5.41, 5.74) is 2.39. The van der Waals surface area contributed by atoms with Crippen molar-refractivity contribution < 1.29 is 9.53 Å². The fourth-order valence-electron chi connectivity index (χ4n) is 3.11. The van der Waals surface area contributed by atoms with E-state index in [-0.39, 0.29) is 5.91 Å². The van der Waals surface area contributed by atoms with Crippen molar-refractivity contribution in [3.05, 3.63) is 59.9 Å². The Morgan fingerprint density at radius 1 is 1.08 bits per heavy atom. The van der Waals surface area contributed by atoms with Gasteiger partial charge in [-0.1, -0.05) is 18.2 Å². The summed E-state index contributed by atoms with van der Waals surface area (Å²) in [6.07, 6.45) is 5.04. The van der Waals surface area contributed by atoms with E-state index < -0.39 is 0 Å². The first kappa shape index (κ1) is 17.4. The number of hydrogen-bond donors (Lipinski definition) is 0. The third-order valence-corrected chi connectivity index (χ3v) is 4.64. The highest BCUT2D eigenvalue weighted by molar-refractivity contribution is 5.76. The lowest BCUT2D eigenvalue weighted by Crippen LogP contribution is -2.48. The van der Waals surface area contributed by atoms with Crippen molar-refractivity contribution in [3.63, 3.8) is 0 Å². The second-order valence-electron chi connectivity index (χ2n) is 6.37. The molecule has 1 aliphatic rings. The van der Waals surface area contributed by atoms with E-state index >= 15 is 0 Å². The molecule has 132 valence electrons. The van der Waals surface area contributed by atoms with E-state index in [1.807, 2.05) is 41.4 Å². The Kier molecular flexibility index (Phi) is 6.01. The van der Waals surface area contributed by atoms with Crippen molar-refractivity contribution in [1.29, 1.82) is 0 Å². The molecule has 0 saturated carbocycles. The minimum Gasteiger partial charge on any atom is -0.497 e. The third-order valence-electron chi connectivity index (χ3n) is 4.64. The van der Waals surface area contributed by atoms with Gasteiger partial charge in [0.2, 0.25) is 5.91 Å². The second-order valence-corrected chi connectivity index (χ2v) is 6.37. The lowest BCUT2D eigenvalue weighted by molar-refractivity contribution is -0.133. The topological polar surface area (TPSA) is 45.7 Å². The molecule has 5 heteroatoms. The smallest absolute Gasteiger partial charge is 0.222 e. The van der Waals surface area contributed by atoms with Crippen LogP contribution in [0.2, 0.25) is 0 Å². The highest BCUT2D eigenvalue weighted by atomic mass is 16.5. The molecule has 1 aliphatic heterocycles. The predicted molar refractivity (Wildman–Crippen MR) is 97.4 cm³/mol. The van der Waals surface area contributed by atoms with Crippen LogP contribution in [0.15, 0.2) is 48.8 Å². The average Bonchev–Trinajstić information content (AvgIpc) is 2.68. The molecule has 0 spiro atoms. The fourth-order valence-corrected chi connectivity index (χ4v) is 3.11. The largest absolute Gasteiger partial charge is 0.497 e. The van der Waals surface area contributed by atoms with Gasteiger partial charge < -0.3 is 9.64 Å². The quantitative estimate of drug-likeness (QED) is 0.811. The summed E-state index contributed by atoms with van der Waals surface area (Å²) >= 11 is 0. The van der Waals surface area contributed by atoms with Gasteiger partial charge in [0.05, 0.1) is 7.11 Å². The Balaban J connectivity index is 1.41. The van der Waals surface area contributed by atoms with Crippen LogP contribution < -0.4 is 4.74 Å². The monoisotopic (exact) mass is 339 g/mol. The fraction of sp³-hybridized carbons (Fsp3) is 0.400. The Hall–Kier alpha value is -2.40. The molecular formula is C20H25N3O2. The van der Waals surface area contributed by atoms with Crippen LogP contribution in [0.5, 0.6) is 5.75 Å². The number of piperazine rings is 1. The van der Waals surface area contributed by atoms with Gasteiger partial charge in [0.1, 0.15) is 5.75 Å². The van der Waals surface area contributed by atoms with Crippen LogP contribution >= 0.6 is 0 Å². The normalized spacial score (nSPS) is 15.2. The summed E-state index contributed by atoms with van der Waals surface area (Å²) in [6.45, 7) is 4.36. The van der Waals surface area contributed by atoms with E-state index in [9.17, 15) is 4.79 Å². The maximum atomic E-state index is 12.4. The number of nitrogens with zero attached hydrogens (tertiary/aromatic N) is 3. The standard InChI is InChI=1S/C20H25N3O2/c1-25-19-7-4-17(5-8-19)6-9-20(24)23-13-11-22(12-14-23)16-18-3-2-10-21-15-18/h2-5,7-8,10,15H,6,9,11-14,16H2,1H3. The number of carbonyl (C=O) groups is 1. The Labute approximate surface area is 149 Å². The molecule has 1 saturated heterocycles. The van der Waals surface area contributed by atoms with Gasteiger partial charge in [0, 0.05) is 51.5 Å². The van der Waals surface area contributed by atoms with Crippen LogP contribution in [-0.2, 0) is 17.8 Å². The SMILES string of the molecule is COc1ccc(CCC(=O)N2CCN(Cc3cccnc3)CC2)cc1. The van der Waals surface area contributed by atoms with Crippen molar-refractivity contribution in [2.75, 3.05) is 33.3 Å². The van der Waals surface area contributed by atoms with Gasteiger partial charge in [-0.25, -0.2) is 0 Å². The summed E-state index contributed by atoms with van der Waals surface area (Å²) in [4.78, 5) is 21.0. The Morgan fingerprint density at radius 2 is 1.84 bits per heavy atom. The Morgan fingerprint density at radius 3 is 2.48 bits per heavy atom. The first-order valence-corrected chi connectivity index (χ1v) is 8.76. The number of hydrogen-bond acceptors (Lipinski definition) is 4. The summed E-state index contributed by atoms with van der Waals surface area (Å²) in [7, 11) is 1.66. The van der Waals surface area contributed by atoms with E-state index in [0.717, 1.165) is 44.9 Å². The van der Waals surface area contributed by atoms with E-state index in [1.54, 1.807) is 13.3 Å². The van der Waals surface area contributed by atoms with E-state index in [1.165, 1.54) is 11.1 Å². The lowest BCUT2D eigenvalue weighted by Gasteiger charge is -2.34. The van der Waals surface area contributed by atoms with Crippen LogP contribution in [0.4, 0.5) is 0 Å². The van der Waals surface area contributed by atoms with Crippen molar-refractivity contribution >= 4 is 5.91 Å². The molecule has 1 fully saturated rings. The van der Waals surface area contributed by atoms with Crippen LogP contribution in [0.25, 0.3) is 0 Å². The highest BCUT2D eigenvalue weighted by Gasteiger charge is 2.20. The molecule has 0 radical (unpaired) electrons. The number of aromatic nitrogens is 1. The van der Waals surface area contributed by atoms with Crippen molar-refractivity contribution in [3.8, 4) is 5.75 Å². The summed E-state index contributed by atoms with van der Waals surface area (Å²) < 4.78 is 5.16. The molecule has 0 atom stereocenters. The van der Waals surface area contributed by atoms with Crippen LogP contribution in [0, 0.1) is 0 Å². The number of amides is 1. The zero-order valence-corrected chi connectivity index (χ0v) is 14.7. The summed E-state index contributed by atoms with van der Waals surface area (Å²) in [6, 6.07) is 12.0. The van der Waals surface area contributed by atoms with Crippen molar-refractivity contribution in [2.24, 2.45) is 0 Å². The van der Waals surface area contributed by atoms with E-state index in [4.69, 9.17) is 4.74 Å². The van der Waals surface area contributed by atoms with Gasteiger partial charge in [-0.3, -0.25) is 14.7 Å². The zero-order valence-electron chi connectivity index (χ0n) is 14.7. The first-order chi connectivity index (χ1) is 12.2. The molecule has 0 bridgehead atoms. The van der Waals surface area contributed by atoms with Gasteiger partial charge in [-0.15, -0.1) is 0 Å². The number of benzene rings is 1. The molecule has 0 aliphatic carbocycles. The molecular weight excluding hydrogens is 314 g/mol. The molecule has 0 unspecified atom stereocenters. The van der Waals surface area contributed by atoms with Crippen LogP contribution in [0.1, 0.15) is 17.5 Å². The van der Waals surface area contributed by atoms with Gasteiger partial charge in [0.15, 0.2) is 0 Å². The van der Waals surface area contributed by atoms with Gasteiger partial charge in [-0.05, 0) is 35.7 Å². The highest BCUT2D eigenvalue weighted by Crippen LogP contribution is 2.14. The van der Waals surface area contributed by atoms with E-state index in [0.29, 0.717) is 6.42 Å². The molecule has 1 aromatic heterocycles. The van der Waals surface area contributed by atoms with Gasteiger partial charge in [0.25, 0.3) is 0 Å². The molecule has 5 nitrogen and oxygen atoms in total. The maximum absolute atomic E-state index is 12.4. The number of carbonyl (C=O) groups excluding carboxylic acids is 1. The maximum Gasteiger partial charge on any atom is 0.222 e. The van der Waals surface area contributed by atoms with Crippen LogP contribution in [0.3, 0.4) is 0 Å². The molecule has 0 N–H and O–H groups in total. The molecule has 3 rings (SSSR count). The predicted octanol–water partition coefficient (Wildman–Crippen LogP) is 2.37.